The van der Waals surface area contributed by atoms with Crippen molar-refractivity contribution in [2.24, 2.45) is 0 Å². The van der Waals surface area contributed by atoms with Crippen LogP contribution in [-0.2, 0) is 6.54 Å². The maximum atomic E-state index is 11.8. The van der Waals surface area contributed by atoms with Gasteiger partial charge in [-0.15, -0.1) is 0 Å². The first-order valence-corrected chi connectivity index (χ1v) is 6.79. The molecule has 0 atom stereocenters. The van der Waals surface area contributed by atoms with Crippen molar-refractivity contribution < 1.29 is 4.79 Å². The first kappa shape index (κ1) is 13.6. The van der Waals surface area contributed by atoms with E-state index >= 15 is 0 Å². The Hall–Kier alpha value is -1.81. The largest absolute Gasteiger partial charge is 0.334 e. The summed E-state index contributed by atoms with van der Waals surface area (Å²) in [4.78, 5) is 11.8. The number of amides is 2. The summed E-state index contributed by atoms with van der Waals surface area (Å²) in [6.07, 6.45) is 0. The average molecular weight is 319 g/mol. The summed E-state index contributed by atoms with van der Waals surface area (Å²) in [5.41, 5.74) is 3.04. The standard InChI is InChI=1S/C15H15BrN2O/c1-11-6-8-12(9-7-11)10-17-15(19)18-14-5-3-2-4-13(14)16/h2-9H,10H2,1H3,(H2,17,18,19). The summed E-state index contributed by atoms with van der Waals surface area (Å²) >= 11 is 3.39. The van der Waals surface area contributed by atoms with Gasteiger partial charge in [-0.2, -0.15) is 0 Å². The number of carbonyl (C=O) groups excluding carboxylic acids is 1. The van der Waals surface area contributed by atoms with Crippen LogP contribution in [0.4, 0.5) is 10.5 Å². The molecule has 98 valence electrons. The highest BCUT2D eigenvalue weighted by atomic mass is 79.9. The number of hydrogen-bond donors (Lipinski definition) is 2. The number of hydrogen-bond acceptors (Lipinski definition) is 1. The lowest BCUT2D eigenvalue weighted by Crippen LogP contribution is -2.28. The zero-order valence-electron chi connectivity index (χ0n) is 10.6. The minimum Gasteiger partial charge on any atom is -0.334 e. The number of anilines is 1. The lowest BCUT2D eigenvalue weighted by molar-refractivity contribution is 0.251. The number of aryl methyl sites for hydroxylation is 1. The van der Waals surface area contributed by atoms with Gasteiger partial charge in [-0.05, 0) is 40.5 Å². The fourth-order valence-corrected chi connectivity index (χ4v) is 2.00. The first-order valence-electron chi connectivity index (χ1n) is 6.00. The van der Waals surface area contributed by atoms with E-state index in [-0.39, 0.29) is 6.03 Å². The highest BCUT2D eigenvalue weighted by Gasteiger charge is 2.04. The molecule has 0 saturated carbocycles. The summed E-state index contributed by atoms with van der Waals surface area (Å²) in [5.74, 6) is 0. The molecule has 3 nitrogen and oxygen atoms in total. The number of rotatable bonds is 3. The molecule has 0 aliphatic heterocycles. The van der Waals surface area contributed by atoms with Gasteiger partial charge >= 0.3 is 6.03 Å². The van der Waals surface area contributed by atoms with E-state index in [1.807, 2.05) is 55.5 Å². The molecule has 0 aliphatic rings. The van der Waals surface area contributed by atoms with Crippen molar-refractivity contribution in [1.82, 2.24) is 5.32 Å². The van der Waals surface area contributed by atoms with Crippen molar-refractivity contribution in [2.75, 3.05) is 5.32 Å². The highest BCUT2D eigenvalue weighted by Crippen LogP contribution is 2.20. The zero-order chi connectivity index (χ0) is 13.7. The third kappa shape index (κ3) is 4.10. The monoisotopic (exact) mass is 318 g/mol. The predicted molar refractivity (Wildman–Crippen MR) is 81.2 cm³/mol. The van der Waals surface area contributed by atoms with Crippen LogP contribution >= 0.6 is 15.9 Å². The second-order valence-corrected chi connectivity index (χ2v) is 5.13. The molecule has 2 aromatic rings. The van der Waals surface area contributed by atoms with Crippen molar-refractivity contribution in [3.05, 3.63) is 64.1 Å². The average Bonchev–Trinajstić information content (AvgIpc) is 2.41. The van der Waals surface area contributed by atoms with Crippen LogP contribution in [-0.4, -0.2) is 6.03 Å². The van der Waals surface area contributed by atoms with Crippen molar-refractivity contribution >= 4 is 27.6 Å². The maximum Gasteiger partial charge on any atom is 0.319 e. The summed E-state index contributed by atoms with van der Waals surface area (Å²) in [5, 5.41) is 5.62. The molecule has 0 aromatic heterocycles. The SMILES string of the molecule is Cc1ccc(CNC(=O)Nc2ccccc2Br)cc1. The summed E-state index contributed by atoms with van der Waals surface area (Å²) in [6, 6.07) is 15.4. The number of benzene rings is 2. The molecule has 0 unspecified atom stereocenters. The van der Waals surface area contributed by atoms with Crippen LogP contribution < -0.4 is 10.6 Å². The topological polar surface area (TPSA) is 41.1 Å². The Labute approximate surface area is 121 Å². The van der Waals surface area contributed by atoms with Gasteiger partial charge in [0.15, 0.2) is 0 Å². The van der Waals surface area contributed by atoms with Gasteiger partial charge in [-0.3, -0.25) is 0 Å². The van der Waals surface area contributed by atoms with Crippen LogP contribution in [0.15, 0.2) is 53.0 Å². The number of halogens is 1. The predicted octanol–water partition coefficient (Wildman–Crippen LogP) is 4.08. The molecule has 0 bridgehead atoms. The molecule has 0 saturated heterocycles. The maximum absolute atomic E-state index is 11.8. The normalized spacial score (nSPS) is 10.0. The second-order valence-electron chi connectivity index (χ2n) is 4.27. The van der Waals surface area contributed by atoms with E-state index < -0.39 is 0 Å². The first-order chi connectivity index (χ1) is 9.15. The Kier molecular flexibility index (Phi) is 4.58. The Morgan fingerprint density at radius 3 is 2.47 bits per heavy atom. The molecule has 2 N–H and O–H groups in total. The Bertz CT molecular complexity index is 567. The van der Waals surface area contributed by atoms with Gasteiger partial charge in [0.2, 0.25) is 0 Å². The molecule has 19 heavy (non-hydrogen) atoms. The molecule has 0 aliphatic carbocycles. The molecule has 0 spiro atoms. The van der Waals surface area contributed by atoms with E-state index in [2.05, 4.69) is 26.6 Å². The smallest absolute Gasteiger partial charge is 0.319 e. The van der Waals surface area contributed by atoms with Crippen LogP contribution in [0.3, 0.4) is 0 Å². The Balaban J connectivity index is 1.88. The van der Waals surface area contributed by atoms with Gasteiger partial charge in [0.05, 0.1) is 5.69 Å². The van der Waals surface area contributed by atoms with E-state index in [1.54, 1.807) is 0 Å². The van der Waals surface area contributed by atoms with Crippen LogP contribution in [0.2, 0.25) is 0 Å². The van der Waals surface area contributed by atoms with Gasteiger partial charge in [0.1, 0.15) is 0 Å². The molecule has 4 heteroatoms. The lowest BCUT2D eigenvalue weighted by Gasteiger charge is -2.09. The zero-order valence-corrected chi connectivity index (χ0v) is 12.2. The van der Waals surface area contributed by atoms with E-state index in [0.29, 0.717) is 6.54 Å². The fraction of sp³-hybridized carbons (Fsp3) is 0.133. The molecule has 0 heterocycles. The van der Waals surface area contributed by atoms with E-state index in [1.165, 1.54) is 5.56 Å². The molecule has 2 amide bonds. The minimum absolute atomic E-state index is 0.215. The molecular formula is C15H15BrN2O. The highest BCUT2D eigenvalue weighted by molar-refractivity contribution is 9.10. The number of nitrogens with one attached hydrogen (secondary N) is 2. The van der Waals surface area contributed by atoms with Crippen molar-refractivity contribution in [1.29, 1.82) is 0 Å². The van der Waals surface area contributed by atoms with E-state index in [0.717, 1.165) is 15.7 Å². The number of carbonyl (C=O) groups is 1. The lowest BCUT2D eigenvalue weighted by atomic mass is 10.1. The molecule has 2 aromatic carbocycles. The minimum atomic E-state index is -0.215. The number of urea groups is 1. The molecule has 2 rings (SSSR count). The van der Waals surface area contributed by atoms with Gasteiger partial charge in [-0.1, -0.05) is 42.0 Å². The quantitative estimate of drug-likeness (QED) is 0.879. The fourth-order valence-electron chi connectivity index (χ4n) is 1.62. The molecule has 0 radical (unpaired) electrons. The number of para-hydroxylation sites is 1. The summed E-state index contributed by atoms with van der Waals surface area (Å²) in [6.45, 7) is 2.55. The van der Waals surface area contributed by atoms with Gasteiger partial charge in [0.25, 0.3) is 0 Å². The molecule has 0 fully saturated rings. The van der Waals surface area contributed by atoms with Crippen LogP contribution in [0, 0.1) is 6.92 Å². The third-order valence-electron chi connectivity index (χ3n) is 2.70. The Morgan fingerprint density at radius 2 is 1.79 bits per heavy atom. The molecular weight excluding hydrogens is 304 g/mol. The van der Waals surface area contributed by atoms with Gasteiger partial charge in [0, 0.05) is 11.0 Å². The van der Waals surface area contributed by atoms with Gasteiger partial charge < -0.3 is 10.6 Å². The van der Waals surface area contributed by atoms with Crippen LogP contribution in [0.1, 0.15) is 11.1 Å². The van der Waals surface area contributed by atoms with E-state index in [4.69, 9.17) is 0 Å². The van der Waals surface area contributed by atoms with Crippen LogP contribution in [0.25, 0.3) is 0 Å². The third-order valence-corrected chi connectivity index (χ3v) is 3.39. The van der Waals surface area contributed by atoms with E-state index in [9.17, 15) is 4.79 Å². The summed E-state index contributed by atoms with van der Waals surface area (Å²) in [7, 11) is 0. The van der Waals surface area contributed by atoms with Gasteiger partial charge in [-0.25, -0.2) is 4.79 Å². The summed E-state index contributed by atoms with van der Waals surface area (Å²) < 4.78 is 0.862. The van der Waals surface area contributed by atoms with Crippen molar-refractivity contribution in [2.45, 2.75) is 13.5 Å². The van der Waals surface area contributed by atoms with Crippen molar-refractivity contribution in [3.63, 3.8) is 0 Å². The van der Waals surface area contributed by atoms with Crippen LogP contribution in [0.5, 0.6) is 0 Å². The second kappa shape index (κ2) is 6.38. The Morgan fingerprint density at radius 1 is 1.11 bits per heavy atom. The van der Waals surface area contributed by atoms with Crippen molar-refractivity contribution in [3.8, 4) is 0 Å².